The van der Waals surface area contributed by atoms with Crippen molar-refractivity contribution in [3.05, 3.63) is 30.1 Å². The summed E-state index contributed by atoms with van der Waals surface area (Å²) in [4.78, 5) is 11.9. The highest BCUT2D eigenvalue weighted by molar-refractivity contribution is 5.92. The molecular formula is C13H17FN2O. The lowest BCUT2D eigenvalue weighted by molar-refractivity contribution is -0.120. The van der Waals surface area contributed by atoms with Crippen LogP contribution in [-0.2, 0) is 4.79 Å². The summed E-state index contributed by atoms with van der Waals surface area (Å²) in [5, 5.41) is 2.74. The lowest BCUT2D eigenvalue weighted by atomic mass is 9.85. The topological polar surface area (TPSA) is 55.1 Å². The fraction of sp³-hybridized carbons (Fsp3) is 0.462. The first-order valence-electron chi connectivity index (χ1n) is 5.97. The first-order valence-corrected chi connectivity index (χ1v) is 5.97. The zero-order valence-electron chi connectivity index (χ0n) is 9.66. The molecule has 0 aliphatic heterocycles. The molecular weight excluding hydrogens is 219 g/mol. The highest BCUT2D eigenvalue weighted by atomic mass is 19.1. The molecule has 1 fully saturated rings. The van der Waals surface area contributed by atoms with Gasteiger partial charge in [-0.1, -0.05) is 12.5 Å². The lowest BCUT2D eigenvalue weighted by Gasteiger charge is -2.25. The van der Waals surface area contributed by atoms with Crippen LogP contribution in [0, 0.1) is 11.7 Å². The van der Waals surface area contributed by atoms with Gasteiger partial charge in [0, 0.05) is 17.6 Å². The van der Waals surface area contributed by atoms with Crippen molar-refractivity contribution in [2.24, 2.45) is 11.7 Å². The number of nitrogens with one attached hydrogen (secondary N) is 1. The average molecular weight is 236 g/mol. The lowest BCUT2D eigenvalue weighted by Crippen LogP contribution is -2.34. The Morgan fingerprint density at radius 3 is 2.94 bits per heavy atom. The van der Waals surface area contributed by atoms with E-state index >= 15 is 0 Å². The van der Waals surface area contributed by atoms with E-state index in [4.69, 9.17) is 5.73 Å². The zero-order valence-corrected chi connectivity index (χ0v) is 9.66. The molecule has 17 heavy (non-hydrogen) atoms. The van der Waals surface area contributed by atoms with Crippen LogP contribution in [0.5, 0.6) is 0 Å². The number of amides is 1. The summed E-state index contributed by atoms with van der Waals surface area (Å²) in [5.41, 5.74) is 6.35. The molecule has 3 nitrogen and oxygen atoms in total. The zero-order chi connectivity index (χ0) is 12.3. The SMILES string of the molecule is NC1CCCC(C(=O)Nc2cccc(F)c2)C1. The summed E-state index contributed by atoms with van der Waals surface area (Å²) in [6, 6.07) is 6.06. The van der Waals surface area contributed by atoms with Crippen molar-refractivity contribution >= 4 is 11.6 Å². The van der Waals surface area contributed by atoms with E-state index in [2.05, 4.69) is 5.32 Å². The van der Waals surface area contributed by atoms with E-state index in [0.717, 1.165) is 25.7 Å². The van der Waals surface area contributed by atoms with Gasteiger partial charge in [0.05, 0.1) is 0 Å². The fourth-order valence-electron chi connectivity index (χ4n) is 2.28. The molecule has 2 atom stereocenters. The molecule has 1 aliphatic rings. The van der Waals surface area contributed by atoms with Crippen LogP contribution in [0.2, 0.25) is 0 Å². The number of halogens is 1. The van der Waals surface area contributed by atoms with Crippen molar-refractivity contribution in [2.45, 2.75) is 31.7 Å². The summed E-state index contributed by atoms with van der Waals surface area (Å²) >= 11 is 0. The van der Waals surface area contributed by atoms with Gasteiger partial charge in [-0.25, -0.2) is 4.39 Å². The molecule has 1 amide bonds. The minimum Gasteiger partial charge on any atom is -0.328 e. The van der Waals surface area contributed by atoms with Gasteiger partial charge in [0.1, 0.15) is 5.82 Å². The smallest absolute Gasteiger partial charge is 0.227 e. The van der Waals surface area contributed by atoms with Crippen LogP contribution in [0.3, 0.4) is 0 Å². The van der Waals surface area contributed by atoms with Crippen LogP contribution in [0.4, 0.5) is 10.1 Å². The second-order valence-corrected chi connectivity index (χ2v) is 4.62. The molecule has 0 aromatic heterocycles. The third-order valence-electron chi connectivity index (χ3n) is 3.18. The van der Waals surface area contributed by atoms with Crippen LogP contribution in [0.15, 0.2) is 24.3 Å². The number of nitrogens with two attached hydrogens (primary N) is 1. The van der Waals surface area contributed by atoms with Crippen molar-refractivity contribution in [1.82, 2.24) is 0 Å². The van der Waals surface area contributed by atoms with Crippen molar-refractivity contribution in [1.29, 1.82) is 0 Å². The number of rotatable bonds is 2. The first-order chi connectivity index (χ1) is 8.15. The van der Waals surface area contributed by atoms with Gasteiger partial charge in [-0.2, -0.15) is 0 Å². The van der Waals surface area contributed by atoms with Gasteiger partial charge in [-0.15, -0.1) is 0 Å². The Labute approximate surface area is 100 Å². The number of benzene rings is 1. The molecule has 92 valence electrons. The minimum atomic E-state index is -0.344. The highest BCUT2D eigenvalue weighted by Gasteiger charge is 2.25. The van der Waals surface area contributed by atoms with E-state index in [1.54, 1.807) is 12.1 Å². The number of carbonyl (C=O) groups is 1. The molecule has 4 heteroatoms. The van der Waals surface area contributed by atoms with Crippen molar-refractivity contribution in [3.63, 3.8) is 0 Å². The maximum absolute atomic E-state index is 13.0. The summed E-state index contributed by atoms with van der Waals surface area (Å²) in [6.45, 7) is 0. The standard InChI is InChI=1S/C13H17FN2O/c14-10-4-2-6-12(8-10)16-13(17)9-3-1-5-11(15)7-9/h2,4,6,8-9,11H,1,3,5,7,15H2,(H,16,17). The van der Waals surface area contributed by atoms with Gasteiger partial charge in [0.2, 0.25) is 5.91 Å². The average Bonchev–Trinajstić information content (AvgIpc) is 2.29. The van der Waals surface area contributed by atoms with Gasteiger partial charge in [0.15, 0.2) is 0 Å². The van der Waals surface area contributed by atoms with E-state index in [0.29, 0.717) is 5.69 Å². The molecule has 1 saturated carbocycles. The van der Waals surface area contributed by atoms with Crippen LogP contribution in [0.25, 0.3) is 0 Å². The number of hydrogen-bond acceptors (Lipinski definition) is 2. The second kappa shape index (κ2) is 5.27. The van der Waals surface area contributed by atoms with Crippen LogP contribution >= 0.6 is 0 Å². The molecule has 3 N–H and O–H groups in total. The van der Waals surface area contributed by atoms with Gasteiger partial charge in [-0.05, 0) is 37.5 Å². The maximum atomic E-state index is 13.0. The molecule has 1 aliphatic carbocycles. The Morgan fingerprint density at radius 1 is 1.41 bits per heavy atom. The van der Waals surface area contributed by atoms with Crippen molar-refractivity contribution < 1.29 is 9.18 Å². The Morgan fingerprint density at radius 2 is 2.24 bits per heavy atom. The summed E-state index contributed by atoms with van der Waals surface area (Å²) < 4.78 is 13.0. The highest BCUT2D eigenvalue weighted by Crippen LogP contribution is 2.24. The predicted molar refractivity (Wildman–Crippen MR) is 65.0 cm³/mol. The fourth-order valence-corrected chi connectivity index (χ4v) is 2.28. The van der Waals surface area contributed by atoms with Gasteiger partial charge >= 0.3 is 0 Å². The monoisotopic (exact) mass is 236 g/mol. The van der Waals surface area contributed by atoms with Gasteiger partial charge in [-0.3, -0.25) is 4.79 Å². The summed E-state index contributed by atoms with van der Waals surface area (Å²) in [7, 11) is 0. The Kier molecular flexibility index (Phi) is 3.74. The van der Waals surface area contributed by atoms with E-state index < -0.39 is 0 Å². The van der Waals surface area contributed by atoms with Crippen LogP contribution < -0.4 is 11.1 Å². The quantitative estimate of drug-likeness (QED) is 0.827. The molecule has 2 unspecified atom stereocenters. The summed E-state index contributed by atoms with van der Waals surface area (Å²) in [5.74, 6) is -0.434. The Balaban J connectivity index is 1.96. The van der Waals surface area contributed by atoms with Crippen molar-refractivity contribution in [2.75, 3.05) is 5.32 Å². The molecule has 2 rings (SSSR count). The van der Waals surface area contributed by atoms with E-state index in [1.165, 1.54) is 12.1 Å². The normalized spacial score (nSPS) is 24.4. The van der Waals surface area contributed by atoms with Crippen LogP contribution in [-0.4, -0.2) is 11.9 Å². The second-order valence-electron chi connectivity index (χ2n) is 4.62. The largest absolute Gasteiger partial charge is 0.328 e. The van der Waals surface area contributed by atoms with Gasteiger partial charge in [0.25, 0.3) is 0 Å². The summed E-state index contributed by atoms with van der Waals surface area (Å²) in [6.07, 6.45) is 3.57. The molecule has 1 aromatic carbocycles. The molecule has 0 spiro atoms. The molecule has 0 radical (unpaired) electrons. The Hall–Kier alpha value is -1.42. The molecule has 0 bridgehead atoms. The van der Waals surface area contributed by atoms with E-state index in [-0.39, 0.29) is 23.7 Å². The third kappa shape index (κ3) is 3.27. The van der Waals surface area contributed by atoms with Gasteiger partial charge < -0.3 is 11.1 Å². The minimum absolute atomic E-state index is 0.0398. The maximum Gasteiger partial charge on any atom is 0.227 e. The van der Waals surface area contributed by atoms with E-state index in [9.17, 15) is 9.18 Å². The first kappa shape index (κ1) is 12.0. The number of carbonyl (C=O) groups excluding carboxylic acids is 1. The number of anilines is 1. The Bertz CT molecular complexity index is 408. The van der Waals surface area contributed by atoms with E-state index in [1.807, 2.05) is 0 Å². The molecule has 0 saturated heterocycles. The third-order valence-corrected chi connectivity index (χ3v) is 3.18. The van der Waals surface area contributed by atoms with Crippen LogP contribution in [0.1, 0.15) is 25.7 Å². The molecule has 0 heterocycles. The van der Waals surface area contributed by atoms with Crippen molar-refractivity contribution in [3.8, 4) is 0 Å². The predicted octanol–water partition coefficient (Wildman–Crippen LogP) is 2.28. The molecule has 1 aromatic rings. The number of hydrogen-bond donors (Lipinski definition) is 2.